The van der Waals surface area contributed by atoms with Crippen LogP contribution in [0.3, 0.4) is 0 Å². The fourth-order valence-corrected chi connectivity index (χ4v) is 2.00. The Morgan fingerprint density at radius 2 is 2.16 bits per heavy atom. The maximum Gasteiger partial charge on any atom is 0.435 e. The monoisotopic (exact) mass is 320 g/mol. The van der Waals surface area contributed by atoms with E-state index in [9.17, 15) is 4.79 Å². The molecule has 19 heavy (non-hydrogen) atoms. The second-order valence-electron chi connectivity index (χ2n) is 5.05. The molecule has 1 heterocycles. The fourth-order valence-electron chi connectivity index (χ4n) is 1.64. The predicted molar refractivity (Wildman–Crippen MR) is 77.0 cm³/mol. The highest BCUT2D eigenvalue weighted by atomic mass is 79.9. The van der Waals surface area contributed by atoms with Gasteiger partial charge in [-0.3, -0.25) is 0 Å². The van der Waals surface area contributed by atoms with E-state index in [4.69, 9.17) is 11.2 Å². The summed E-state index contributed by atoms with van der Waals surface area (Å²) in [6, 6.07) is 5.43. The number of halogens is 1. The lowest BCUT2D eigenvalue weighted by atomic mass is 10.2. The molecular formula is C14H13BrN2O2. The molecule has 0 aliphatic rings. The number of carbonyl (C=O) groups is 1. The first-order valence-electron chi connectivity index (χ1n) is 5.70. The van der Waals surface area contributed by atoms with E-state index in [2.05, 4.69) is 26.9 Å². The standard InChI is InChI=1S/C14H13BrN2O2/c1-5-11-10-8-9(15)6-7-12(10)17(16-11)13(18)19-14(2,3)4/h1,6-8H,2-4H3. The van der Waals surface area contributed by atoms with Gasteiger partial charge in [-0.2, -0.15) is 9.78 Å². The number of hydrogen-bond donors (Lipinski definition) is 0. The number of rotatable bonds is 0. The average Bonchev–Trinajstić information content (AvgIpc) is 2.64. The van der Waals surface area contributed by atoms with Gasteiger partial charge >= 0.3 is 6.09 Å². The van der Waals surface area contributed by atoms with Gasteiger partial charge in [-0.15, -0.1) is 6.42 Å². The number of terminal acetylenes is 1. The van der Waals surface area contributed by atoms with Gasteiger partial charge in [0.2, 0.25) is 0 Å². The molecule has 0 amide bonds. The SMILES string of the molecule is C#Cc1nn(C(=O)OC(C)(C)C)c2ccc(Br)cc12. The van der Waals surface area contributed by atoms with Crippen molar-refractivity contribution in [2.45, 2.75) is 26.4 Å². The molecule has 1 aromatic heterocycles. The Morgan fingerprint density at radius 1 is 1.47 bits per heavy atom. The quantitative estimate of drug-likeness (QED) is 0.697. The number of hydrogen-bond acceptors (Lipinski definition) is 3. The van der Waals surface area contributed by atoms with Gasteiger partial charge in [-0.05, 0) is 44.9 Å². The highest BCUT2D eigenvalue weighted by Gasteiger charge is 2.21. The zero-order valence-electron chi connectivity index (χ0n) is 10.9. The first kappa shape index (κ1) is 13.6. The molecule has 0 atom stereocenters. The number of fused-ring (bicyclic) bond motifs is 1. The summed E-state index contributed by atoms with van der Waals surface area (Å²) >= 11 is 3.37. The smallest absolute Gasteiger partial charge is 0.435 e. The molecule has 0 bridgehead atoms. The van der Waals surface area contributed by atoms with Crippen LogP contribution in [0.5, 0.6) is 0 Å². The van der Waals surface area contributed by atoms with Gasteiger partial charge in [0.05, 0.1) is 5.52 Å². The van der Waals surface area contributed by atoms with Crippen LogP contribution in [0.1, 0.15) is 26.5 Å². The van der Waals surface area contributed by atoms with Crippen molar-refractivity contribution in [2.75, 3.05) is 0 Å². The molecule has 0 spiro atoms. The molecule has 0 aliphatic carbocycles. The molecule has 2 aromatic rings. The number of nitrogens with zero attached hydrogens (tertiary/aromatic N) is 2. The zero-order chi connectivity index (χ0) is 14.2. The van der Waals surface area contributed by atoms with Crippen LogP contribution in [-0.4, -0.2) is 21.5 Å². The average molecular weight is 321 g/mol. The van der Waals surface area contributed by atoms with Gasteiger partial charge in [0, 0.05) is 9.86 Å². The third-order valence-electron chi connectivity index (χ3n) is 2.35. The highest BCUT2D eigenvalue weighted by Crippen LogP contribution is 2.23. The van der Waals surface area contributed by atoms with E-state index in [0.29, 0.717) is 11.2 Å². The molecule has 0 aliphatic heterocycles. The van der Waals surface area contributed by atoms with E-state index >= 15 is 0 Å². The van der Waals surface area contributed by atoms with Crippen LogP contribution in [0.4, 0.5) is 4.79 Å². The van der Waals surface area contributed by atoms with Crippen LogP contribution < -0.4 is 0 Å². The molecule has 0 saturated heterocycles. The van der Waals surface area contributed by atoms with Gasteiger partial charge < -0.3 is 4.74 Å². The minimum Gasteiger partial charge on any atom is -0.442 e. The van der Waals surface area contributed by atoms with Gasteiger partial charge in [-0.1, -0.05) is 15.9 Å². The van der Waals surface area contributed by atoms with Crippen molar-refractivity contribution in [3.05, 3.63) is 28.4 Å². The second kappa shape index (κ2) is 4.71. The van der Waals surface area contributed by atoms with Crippen molar-refractivity contribution in [1.82, 2.24) is 9.78 Å². The van der Waals surface area contributed by atoms with Gasteiger partial charge in [0.15, 0.2) is 0 Å². The van der Waals surface area contributed by atoms with Crippen LogP contribution in [0, 0.1) is 12.3 Å². The van der Waals surface area contributed by atoms with Crippen molar-refractivity contribution in [3.63, 3.8) is 0 Å². The van der Waals surface area contributed by atoms with E-state index in [1.807, 2.05) is 12.1 Å². The largest absolute Gasteiger partial charge is 0.442 e. The molecule has 1 aromatic carbocycles. The van der Waals surface area contributed by atoms with Crippen LogP contribution >= 0.6 is 15.9 Å². The van der Waals surface area contributed by atoms with Crippen LogP contribution in [-0.2, 0) is 4.74 Å². The molecule has 98 valence electrons. The Kier molecular flexibility index (Phi) is 3.38. The summed E-state index contributed by atoms with van der Waals surface area (Å²) < 4.78 is 7.37. The molecule has 0 radical (unpaired) electrons. The molecule has 0 fully saturated rings. The topological polar surface area (TPSA) is 44.1 Å². The van der Waals surface area contributed by atoms with E-state index < -0.39 is 11.7 Å². The lowest BCUT2D eigenvalue weighted by molar-refractivity contribution is 0.0522. The summed E-state index contributed by atoms with van der Waals surface area (Å²) in [5.41, 5.74) is 0.466. The highest BCUT2D eigenvalue weighted by molar-refractivity contribution is 9.10. The summed E-state index contributed by atoms with van der Waals surface area (Å²) in [4.78, 5) is 12.1. The summed E-state index contributed by atoms with van der Waals surface area (Å²) in [7, 11) is 0. The van der Waals surface area contributed by atoms with Crippen molar-refractivity contribution in [3.8, 4) is 12.3 Å². The summed E-state index contributed by atoms with van der Waals surface area (Å²) in [6.45, 7) is 5.40. The summed E-state index contributed by atoms with van der Waals surface area (Å²) in [5, 5.41) is 4.86. The van der Waals surface area contributed by atoms with Crippen LogP contribution in [0.25, 0.3) is 10.9 Å². The Morgan fingerprint density at radius 3 is 2.74 bits per heavy atom. The number of benzene rings is 1. The van der Waals surface area contributed by atoms with E-state index in [0.717, 1.165) is 9.86 Å². The van der Waals surface area contributed by atoms with E-state index in [1.54, 1.807) is 26.8 Å². The van der Waals surface area contributed by atoms with Gasteiger partial charge in [0.25, 0.3) is 0 Å². The molecule has 0 N–H and O–H groups in total. The number of carbonyl (C=O) groups excluding carboxylic acids is 1. The number of aromatic nitrogens is 2. The molecule has 4 nitrogen and oxygen atoms in total. The molecule has 0 saturated carbocycles. The number of ether oxygens (including phenoxy) is 1. The predicted octanol–water partition coefficient (Wildman–Crippen LogP) is 3.56. The molecule has 2 rings (SSSR count). The van der Waals surface area contributed by atoms with E-state index in [-0.39, 0.29) is 0 Å². The van der Waals surface area contributed by atoms with Crippen LogP contribution in [0.15, 0.2) is 22.7 Å². The molecule has 5 heteroatoms. The third-order valence-corrected chi connectivity index (χ3v) is 2.84. The van der Waals surface area contributed by atoms with Crippen molar-refractivity contribution >= 4 is 32.9 Å². The Labute approximate surface area is 119 Å². The minimum atomic E-state index is -0.582. The van der Waals surface area contributed by atoms with Crippen molar-refractivity contribution in [2.24, 2.45) is 0 Å². The molecular weight excluding hydrogens is 308 g/mol. The normalized spacial score (nSPS) is 11.3. The Bertz CT molecular complexity index is 690. The van der Waals surface area contributed by atoms with E-state index in [1.165, 1.54) is 4.68 Å². The Balaban J connectivity index is 2.56. The van der Waals surface area contributed by atoms with Crippen molar-refractivity contribution < 1.29 is 9.53 Å². The fraction of sp³-hybridized carbons (Fsp3) is 0.286. The van der Waals surface area contributed by atoms with Crippen molar-refractivity contribution in [1.29, 1.82) is 0 Å². The summed E-state index contributed by atoms with van der Waals surface area (Å²) in [6.07, 6.45) is 4.87. The lowest BCUT2D eigenvalue weighted by Crippen LogP contribution is -2.27. The van der Waals surface area contributed by atoms with Gasteiger partial charge in [-0.25, -0.2) is 4.79 Å². The first-order chi connectivity index (χ1) is 8.81. The van der Waals surface area contributed by atoms with Gasteiger partial charge in [0.1, 0.15) is 11.3 Å². The Hall–Kier alpha value is -1.80. The zero-order valence-corrected chi connectivity index (χ0v) is 12.5. The third kappa shape index (κ3) is 2.79. The maximum atomic E-state index is 12.1. The summed E-state index contributed by atoms with van der Waals surface area (Å²) in [5.74, 6) is 2.47. The second-order valence-corrected chi connectivity index (χ2v) is 5.96. The first-order valence-corrected chi connectivity index (χ1v) is 6.49. The maximum absolute atomic E-state index is 12.1. The van der Waals surface area contributed by atoms with Crippen LogP contribution in [0.2, 0.25) is 0 Å². The lowest BCUT2D eigenvalue weighted by Gasteiger charge is -2.19. The molecule has 0 unspecified atom stereocenters. The minimum absolute atomic E-state index is 0.419.